The van der Waals surface area contributed by atoms with Crippen LogP contribution in [0.25, 0.3) is 6.08 Å². The molecule has 1 saturated heterocycles. The Bertz CT molecular complexity index is 604. The van der Waals surface area contributed by atoms with Crippen molar-refractivity contribution in [2.75, 3.05) is 31.1 Å². The smallest absolute Gasteiger partial charge is 0.246 e. The van der Waals surface area contributed by atoms with Crippen molar-refractivity contribution in [2.24, 2.45) is 0 Å². The van der Waals surface area contributed by atoms with Gasteiger partial charge in [-0.1, -0.05) is 6.07 Å². The van der Waals surface area contributed by atoms with Crippen molar-refractivity contribution >= 4 is 29.3 Å². The fourth-order valence-corrected chi connectivity index (χ4v) is 2.84. The van der Waals surface area contributed by atoms with E-state index < -0.39 is 0 Å². The van der Waals surface area contributed by atoms with Crippen molar-refractivity contribution in [3.8, 4) is 0 Å². The lowest BCUT2D eigenvalue weighted by molar-refractivity contribution is -0.126. The van der Waals surface area contributed by atoms with Gasteiger partial charge in [-0.2, -0.15) is 0 Å². The molecule has 1 amide bonds. The third-order valence-corrected chi connectivity index (χ3v) is 4.20. The molecule has 0 bridgehead atoms. The number of hydrogen-bond donors (Lipinski definition) is 0. The maximum atomic E-state index is 12.1. The van der Waals surface area contributed by atoms with Gasteiger partial charge in [-0.25, -0.2) is 9.97 Å². The van der Waals surface area contributed by atoms with E-state index in [0.717, 1.165) is 23.9 Å². The van der Waals surface area contributed by atoms with Crippen LogP contribution in [0.3, 0.4) is 0 Å². The Labute approximate surface area is 127 Å². The van der Waals surface area contributed by atoms with E-state index in [1.165, 1.54) is 0 Å². The highest BCUT2D eigenvalue weighted by Gasteiger charge is 2.20. The van der Waals surface area contributed by atoms with E-state index in [4.69, 9.17) is 0 Å². The summed E-state index contributed by atoms with van der Waals surface area (Å²) in [5, 5.41) is 2.00. The van der Waals surface area contributed by atoms with E-state index >= 15 is 0 Å². The van der Waals surface area contributed by atoms with Gasteiger partial charge in [0, 0.05) is 49.5 Å². The van der Waals surface area contributed by atoms with Crippen molar-refractivity contribution < 1.29 is 4.79 Å². The quantitative estimate of drug-likeness (QED) is 0.812. The van der Waals surface area contributed by atoms with Crippen LogP contribution in [-0.2, 0) is 4.79 Å². The lowest BCUT2D eigenvalue weighted by Gasteiger charge is -2.34. The van der Waals surface area contributed by atoms with Gasteiger partial charge in [0.2, 0.25) is 11.9 Å². The topological polar surface area (TPSA) is 49.3 Å². The minimum atomic E-state index is 0.0667. The van der Waals surface area contributed by atoms with Crippen LogP contribution in [0.15, 0.2) is 42.0 Å². The molecule has 0 aromatic carbocycles. The maximum absolute atomic E-state index is 12.1. The number of carbonyl (C=O) groups is 1. The van der Waals surface area contributed by atoms with E-state index in [0.29, 0.717) is 13.1 Å². The number of nitrogens with zero attached hydrogens (tertiary/aromatic N) is 4. The first-order valence-corrected chi connectivity index (χ1v) is 7.73. The van der Waals surface area contributed by atoms with Crippen LogP contribution in [0.5, 0.6) is 0 Å². The van der Waals surface area contributed by atoms with Gasteiger partial charge in [-0.3, -0.25) is 4.79 Å². The van der Waals surface area contributed by atoms with Crippen molar-refractivity contribution in [3.05, 3.63) is 46.9 Å². The van der Waals surface area contributed by atoms with Crippen LogP contribution in [0.2, 0.25) is 0 Å². The maximum Gasteiger partial charge on any atom is 0.246 e. The van der Waals surface area contributed by atoms with E-state index in [1.54, 1.807) is 35.9 Å². The SMILES string of the molecule is O=C(C=Cc1cccs1)N1CCN(c2ncccn2)CC1. The largest absolute Gasteiger partial charge is 0.337 e. The number of amides is 1. The Kier molecular flexibility index (Phi) is 4.25. The summed E-state index contributed by atoms with van der Waals surface area (Å²) in [7, 11) is 0. The van der Waals surface area contributed by atoms with Crippen LogP contribution >= 0.6 is 11.3 Å². The second-order valence-corrected chi connectivity index (χ2v) is 5.69. The third kappa shape index (κ3) is 3.46. The van der Waals surface area contributed by atoms with Gasteiger partial charge < -0.3 is 9.80 Å². The minimum absolute atomic E-state index is 0.0667. The molecule has 0 atom stereocenters. The van der Waals surface area contributed by atoms with Crippen LogP contribution in [-0.4, -0.2) is 47.0 Å². The molecule has 1 aliphatic heterocycles. The van der Waals surface area contributed by atoms with Gasteiger partial charge in [-0.05, 0) is 23.6 Å². The van der Waals surface area contributed by atoms with Crippen molar-refractivity contribution in [2.45, 2.75) is 0 Å². The first kappa shape index (κ1) is 13.8. The molecule has 108 valence electrons. The molecule has 6 heteroatoms. The zero-order valence-corrected chi connectivity index (χ0v) is 12.4. The molecule has 0 spiro atoms. The summed E-state index contributed by atoms with van der Waals surface area (Å²) in [6.07, 6.45) is 7.01. The molecule has 1 fully saturated rings. The molecule has 21 heavy (non-hydrogen) atoms. The van der Waals surface area contributed by atoms with Crippen LogP contribution in [0, 0.1) is 0 Å². The Morgan fingerprint density at radius 2 is 1.90 bits per heavy atom. The fourth-order valence-electron chi connectivity index (χ4n) is 2.23. The Hall–Kier alpha value is -2.21. The molecule has 3 heterocycles. The molecule has 2 aromatic rings. The molecule has 1 aliphatic rings. The van der Waals surface area contributed by atoms with Crippen LogP contribution < -0.4 is 4.90 Å². The summed E-state index contributed by atoms with van der Waals surface area (Å²) < 4.78 is 0. The monoisotopic (exact) mass is 300 g/mol. The molecular formula is C15H16N4OS. The summed E-state index contributed by atoms with van der Waals surface area (Å²) in [6.45, 7) is 2.93. The zero-order valence-electron chi connectivity index (χ0n) is 11.6. The van der Waals surface area contributed by atoms with E-state index in [-0.39, 0.29) is 5.91 Å². The summed E-state index contributed by atoms with van der Waals surface area (Å²) in [5.74, 6) is 0.802. The van der Waals surface area contributed by atoms with Crippen LogP contribution in [0.1, 0.15) is 4.88 Å². The van der Waals surface area contributed by atoms with E-state index in [2.05, 4.69) is 14.9 Å². The van der Waals surface area contributed by atoms with Crippen LogP contribution in [0.4, 0.5) is 5.95 Å². The van der Waals surface area contributed by atoms with Crippen molar-refractivity contribution in [1.29, 1.82) is 0 Å². The number of aromatic nitrogens is 2. The lowest BCUT2D eigenvalue weighted by Crippen LogP contribution is -2.48. The van der Waals surface area contributed by atoms with Gasteiger partial charge in [0.1, 0.15) is 0 Å². The Morgan fingerprint density at radius 3 is 2.57 bits per heavy atom. The summed E-state index contributed by atoms with van der Waals surface area (Å²) in [6, 6.07) is 5.78. The minimum Gasteiger partial charge on any atom is -0.337 e. The first-order valence-electron chi connectivity index (χ1n) is 6.85. The predicted octanol–water partition coefficient (Wildman–Crippen LogP) is 1.90. The highest BCUT2D eigenvalue weighted by molar-refractivity contribution is 7.10. The molecule has 5 nitrogen and oxygen atoms in total. The van der Waals surface area contributed by atoms with Crippen molar-refractivity contribution in [1.82, 2.24) is 14.9 Å². The van der Waals surface area contributed by atoms with Gasteiger partial charge in [-0.15, -0.1) is 11.3 Å². The van der Waals surface area contributed by atoms with Gasteiger partial charge in [0.25, 0.3) is 0 Å². The number of thiophene rings is 1. The Morgan fingerprint density at radius 1 is 1.14 bits per heavy atom. The van der Waals surface area contributed by atoms with Gasteiger partial charge >= 0.3 is 0 Å². The standard InChI is InChI=1S/C15H16N4OS/c20-14(5-4-13-3-1-12-21-13)18-8-10-19(11-9-18)15-16-6-2-7-17-15/h1-7,12H,8-11H2. The second-order valence-electron chi connectivity index (χ2n) is 4.71. The highest BCUT2D eigenvalue weighted by Crippen LogP contribution is 2.12. The normalized spacial score (nSPS) is 15.6. The number of carbonyl (C=O) groups excluding carboxylic acids is 1. The Balaban J connectivity index is 1.55. The predicted molar refractivity (Wildman–Crippen MR) is 84.2 cm³/mol. The second kappa shape index (κ2) is 6.49. The average molecular weight is 300 g/mol. The summed E-state index contributed by atoms with van der Waals surface area (Å²) >= 11 is 1.63. The molecular weight excluding hydrogens is 284 g/mol. The van der Waals surface area contributed by atoms with Gasteiger partial charge in [0.15, 0.2) is 0 Å². The molecule has 0 saturated carbocycles. The number of hydrogen-bond acceptors (Lipinski definition) is 5. The summed E-state index contributed by atoms with van der Waals surface area (Å²) in [4.78, 5) is 25.7. The van der Waals surface area contributed by atoms with E-state index in [1.807, 2.05) is 28.5 Å². The molecule has 3 rings (SSSR count). The van der Waals surface area contributed by atoms with Gasteiger partial charge in [0.05, 0.1) is 0 Å². The lowest BCUT2D eigenvalue weighted by atomic mass is 10.3. The molecule has 2 aromatic heterocycles. The van der Waals surface area contributed by atoms with Crippen molar-refractivity contribution in [3.63, 3.8) is 0 Å². The molecule has 0 N–H and O–H groups in total. The number of rotatable bonds is 3. The molecule has 0 unspecified atom stereocenters. The highest BCUT2D eigenvalue weighted by atomic mass is 32.1. The first-order chi connectivity index (χ1) is 10.3. The number of piperazine rings is 1. The molecule has 0 radical (unpaired) electrons. The summed E-state index contributed by atoms with van der Waals surface area (Å²) in [5.41, 5.74) is 0. The third-order valence-electron chi connectivity index (χ3n) is 3.36. The average Bonchev–Trinajstić information content (AvgIpc) is 3.07. The van der Waals surface area contributed by atoms with E-state index in [9.17, 15) is 4.79 Å². The molecule has 0 aliphatic carbocycles. The fraction of sp³-hybridized carbons (Fsp3) is 0.267. The number of anilines is 1. The zero-order chi connectivity index (χ0) is 14.5.